The van der Waals surface area contributed by atoms with Gasteiger partial charge in [-0.3, -0.25) is 4.79 Å². The van der Waals surface area contributed by atoms with Crippen molar-refractivity contribution in [1.29, 1.82) is 5.26 Å². The molecule has 0 saturated carbocycles. The molecule has 0 aliphatic rings. The first kappa shape index (κ1) is 11.0. The zero-order chi connectivity index (χ0) is 11.3. The van der Waals surface area contributed by atoms with Crippen LogP contribution < -0.4 is 0 Å². The summed E-state index contributed by atoms with van der Waals surface area (Å²) in [6, 6.07) is 7.46. The Hall–Kier alpha value is -2.08. The first-order valence-electron chi connectivity index (χ1n) is 4.52. The van der Waals surface area contributed by atoms with Crippen LogP contribution in [0.3, 0.4) is 0 Å². The molecule has 0 aliphatic heterocycles. The molecule has 0 atom stereocenters. The Morgan fingerprint density at radius 3 is 2.87 bits per heavy atom. The van der Waals surface area contributed by atoms with Gasteiger partial charge in [0, 0.05) is 0 Å². The maximum Gasteiger partial charge on any atom is 0.307 e. The molecule has 15 heavy (non-hydrogen) atoms. The van der Waals surface area contributed by atoms with Crippen LogP contribution in [0.15, 0.2) is 24.3 Å². The van der Waals surface area contributed by atoms with Crippen LogP contribution >= 0.6 is 0 Å². The fourth-order valence-electron chi connectivity index (χ4n) is 1.21. The van der Waals surface area contributed by atoms with Crippen LogP contribution in [0.5, 0.6) is 0 Å². The van der Waals surface area contributed by atoms with Gasteiger partial charge < -0.3 is 5.11 Å². The molecule has 0 radical (unpaired) electrons. The first-order valence-corrected chi connectivity index (χ1v) is 4.52. The molecular weight excluding hydrogens is 190 g/mol. The molecule has 0 spiro atoms. The zero-order valence-electron chi connectivity index (χ0n) is 8.40. The van der Waals surface area contributed by atoms with Gasteiger partial charge in [0.2, 0.25) is 0 Å². The summed E-state index contributed by atoms with van der Waals surface area (Å²) in [4.78, 5) is 10.3. The van der Waals surface area contributed by atoms with Crippen LogP contribution in [-0.2, 0) is 4.79 Å². The average molecular weight is 201 g/mol. The molecule has 3 nitrogen and oxygen atoms in total. The van der Waals surface area contributed by atoms with Crippen molar-refractivity contribution < 1.29 is 9.90 Å². The largest absolute Gasteiger partial charge is 0.481 e. The molecule has 1 aromatic rings. The van der Waals surface area contributed by atoms with E-state index in [-0.39, 0.29) is 6.42 Å². The van der Waals surface area contributed by atoms with Crippen LogP contribution in [0.25, 0.3) is 6.08 Å². The third kappa shape index (κ3) is 3.28. The van der Waals surface area contributed by atoms with Crippen LogP contribution in [0.4, 0.5) is 0 Å². The number of carboxylic acids is 1. The minimum atomic E-state index is -0.850. The van der Waals surface area contributed by atoms with Gasteiger partial charge in [0.15, 0.2) is 0 Å². The molecule has 76 valence electrons. The topological polar surface area (TPSA) is 61.1 Å². The summed E-state index contributed by atoms with van der Waals surface area (Å²) in [5.41, 5.74) is 2.45. The lowest BCUT2D eigenvalue weighted by Gasteiger charge is -1.98. The number of carboxylic acid groups (broad SMARTS) is 1. The van der Waals surface area contributed by atoms with Crippen molar-refractivity contribution in [3.05, 3.63) is 41.0 Å². The van der Waals surface area contributed by atoms with E-state index in [0.29, 0.717) is 5.56 Å². The third-order valence-electron chi connectivity index (χ3n) is 1.97. The molecule has 1 rings (SSSR count). The van der Waals surface area contributed by atoms with Gasteiger partial charge in [0.05, 0.1) is 18.1 Å². The molecule has 0 amide bonds. The summed E-state index contributed by atoms with van der Waals surface area (Å²) < 4.78 is 0. The number of hydrogen-bond acceptors (Lipinski definition) is 2. The number of nitrogens with zero attached hydrogens (tertiary/aromatic N) is 1. The van der Waals surface area contributed by atoms with Gasteiger partial charge in [-0.25, -0.2) is 0 Å². The molecule has 0 aromatic heterocycles. The monoisotopic (exact) mass is 201 g/mol. The maximum atomic E-state index is 10.3. The number of benzene rings is 1. The van der Waals surface area contributed by atoms with Gasteiger partial charge in [0.25, 0.3) is 0 Å². The standard InChI is InChI=1S/C12H11NO2/c1-9-7-10(3-2-4-12(14)15)5-6-11(9)8-13/h2-3,5-7H,4H2,1H3,(H,14,15). The zero-order valence-corrected chi connectivity index (χ0v) is 8.40. The number of nitriles is 1. The molecule has 1 aromatic carbocycles. The second kappa shape index (κ2) is 4.97. The molecular formula is C12H11NO2. The lowest BCUT2D eigenvalue weighted by atomic mass is 10.1. The predicted molar refractivity (Wildman–Crippen MR) is 57.2 cm³/mol. The van der Waals surface area contributed by atoms with E-state index in [1.54, 1.807) is 24.3 Å². The van der Waals surface area contributed by atoms with Crippen molar-refractivity contribution in [1.82, 2.24) is 0 Å². The van der Waals surface area contributed by atoms with Crippen molar-refractivity contribution in [3.63, 3.8) is 0 Å². The highest BCUT2D eigenvalue weighted by molar-refractivity contribution is 5.70. The van der Waals surface area contributed by atoms with Crippen molar-refractivity contribution in [2.24, 2.45) is 0 Å². The third-order valence-corrected chi connectivity index (χ3v) is 1.97. The number of carbonyl (C=O) groups is 1. The van der Waals surface area contributed by atoms with Gasteiger partial charge >= 0.3 is 5.97 Å². The lowest BCUT2D eigenvalue weighted by Crippen LogP contribution is -1.89. The van der Waals surface area contributed by atoms with E-state index in [0.717, 1.165) is 11.1 Å². The van der Waals surface area contributed by atoms with E-state index in [4.69, 9.17) is 10.4 Å². The van der Waals surface area contributed by atoms with Crippen LogP contribution in [0, 0.1) is 18.3 Å². The van der Waals surface area contributed by atoms with Crippen molar-refractivity contribution in [3.8, 4) is 6.07 Å². The molecule has 1 N–H and O–H groups in total. The van der Waals surface area contributed by atoms with Crippen LogP contribution in [-0.4, -0.2) is 11.1 Å². The second-order valence-electron chi connectivity index (χ2n) is 3.19. The van der Waals surface area contributed by atoms with Crippen molar-refractivity contribution in [2.45, 2.75) is 13.3 Å². The minimum absolute atomic E-state index is 0.0129. The lowest BCUT2D eigenvalue weighted by molar-refractivity contribution is -0.135. The highest BCUT2D eigenvalue weighted by atomic mass is 16.4. The summed E-state index contributed by atoms with van der Waals surface area (Å²) in [6.07, 6.45) is 3.34. The number of aliphatic carboxylic acids is 1. The molecule has 0 aliphatic carbocycles. The molecule has 0 saturated heterocycles. The van der Waals surface area contributed by atoms with Crippen molar-refractivity contribution in [2.75, 3.05) is 0 Å². The first-order chi connectivity index (χ1) is 7.13. The highest BCUT2D eigenvalue weighted by Crippen LogP contribution is 2.11. The smallest absolute Gasteiger partial charge is 0.307 e. The SMILES string of the molecule is Cc1cc(C=CCC(=O)O)ccc1C#N. The quantitative estimate of drug-likeness (QED) is 0.816. The predicted octanol–water partition coefficient (Wildman–Crippen LogP) is 2.35. The van der Waals surface area contributed by atoms with Gasteiger partial charge in [-0.15, -0.1) is 0 Å². The highest BCUT2D eigenvalue weighted by Gasteiger charge is 1.96. The Bertz CT molecular complexity index is 441. The molecule has 0 unspecified atom stereocenters. The van der Waals surface area contributed by atoms with Gasteiger partial charge in [0.1, 0.15) is 0 Å². The van der Waals surface area contributed by atoms with Gasteiger partial charge in [-0.05, 0) is 24.1 Å². The van der Waals surface area contributed by atoms with E-state index < -0.39 is 5.97 Å². The molecule has 0 heterocycles. The van der Waals surface area contributed by atoms with E-state index in [1.165, 1.54) is 0 Å². The molecule has 3 heteroatoms. The van der Waals surface area contributed by atoms with E-state index >= 15 is 0 Å². The Balaban J connectivity index is 2.81. The molecule has 0 bridgehead atoms. The number of rotatable bonds is 3. The normalized spacial score (nSPS) is 10.1. The van der Waals surface area contributed by atoms with Gasteiger partial charge in [-0.1, -0.05) is 24.3 Å². The fourth-order valence-corrected chi connectivity index (χ4v) is 1.21. The van der Waals surface area contributed by atoms with E-state index in [9.17, 15) is 4.79 Å². The van der Waals surface area contributed by atoms with Crippen LogP contribution in [0.1, 0.15) is 23.1 Å². The number of aryl methyl sites for hydroxylation is 1. The van der Waals surface area contributed by atoms with E-state index in [1.807, 2.05) is 13.0 Å². The Morgan fingerprint density at radius 1 is 1.60 bits per heavy atom. The number of hydrogen-bond donors (Lipinski definition) is 1. The summed E-state index contributed by atoms with van der Waals surface area (Å²) in [5, 5.41) is 17.1. The Labute approximate surface area is 88.3 Å². The summed E-state index contributed by atoms with van der Waals surface area (Å²) in [7, 11) is 0. The summed E-state index contributed by atoms with van der Waals surface area (Å²) in [5.74, 6) is -0.850. The second-order valence-corrected chi connectivity index (χ2v) is 3.19. The van der Waals surface area contributed by atoms with Crippen LogP contribution in [0.2, 0.25) is 0 Å². The average Bonchev–Trinajstić information content (AvgIpc) is 2.17. The minimum Gasteiger partial charge on any atom is -0.481 e. The Morgan fingerprint density at radius 2 is 2.33 bits per heavy atom. The van der Waals surface area contributed by atoms with Crippen molar-refractivity contribution >= 4 is 12.0 Å². The van der Waals surface area contributed by atoms with Gasteiger partial charge in [-0.2, -0.15) is 5.26 Å². The summed E-state index contributed by atoms with van der Waals surface area (Å²) in [6.45, 7) is 1.85. The summed E-state index contributed by atoms with van der Waals surface area (Å²) >= 11 is 0. The Kier molecular flexibility index (Phi) is 3.64. The maximum absolute atomic E-state index is 10.3. The van der Waals surface area contributed by atoms with E-state index in [2.05, 4.69) is 6.07 Å². The molecule has 0 fully saturated rings. The fraction of sp³-hybridized carbons (Fsp3) is 0.167.